The second-order valence-electron chi connectivity index (χ2n) is 7.77. The van der Waals surface area contributed by atoms with Crippen molar-refractivity contribution in [3.8, 4) is 0 Å². The summed E-state index contributed by atoms with van der Waals surface area (Å²) in [5.74, 6) is -0.486. The fourth-order valence-electron chi connectivity index (χ4n) is 3.45. The summed E-state index contributed by atoms with van der Waals surface area (Å²) in [6, 6.07) is 30.7. The first-order valence-electron chi connectivity index (χ1n) is 11.3. The molecular weight excluding hydrogens is 572 g/mol. The van der Waals surface area contributed by atoms with Crippen LogP contribution in [-0.2, 0) is 35.2 Å². The fourth-order valence-corrected chi connectivity index (χ4v) is 3.45. The summed E-state index contributed by atoms with van der Waals surface area (Å²) in [6.45, 7) is 17.8. The van der Waals surface area contributed by atoms with E-state index in [0.29, 0.717) is 0 Å². The molecule has 5 rings (SSSR count). The quantitative estimate of drug-likeness (QED) is 0.106. The SMILES string of the molecule is O=C(O)C(c1ccccc1)c1ccccc1.[C-]#[O+].[C-]#[O+].[CH2][C]([CH2])C.[Mo].c1cnc2c(c1)ccc1cccnc12. The van der Waals surface area contributed by atoms with E-state index in [1.54, 1.807) is 12.4 Å². The Bertz CT molecular complexity index is 1320. The van der Waals surface area contributed by atoms with E-state index in [1.165, 1.54) is 0 Å². The van der Waals surface area contributed by atoms with E-state index >= 15 is 0 Å². The Morgan fingerprint density at radius 1 is 0.692 bits per heavy atom. The van der Waals surface area contributed by atoms with Crippen LogP contribution in [0.3, 0.4) is 0 Å². The number of fused-ring (bicyclic) bond motifs is 3. The molecule has 0 aliphatic heterocycles. The molecule has 7 heteroatoms. The zero-order chi connectivity index (χ0) is 28.3. The van der Waals surface area contributed by atoms with Crippen molar-refractivity contribution in [2.24, 2.45) is 0 Å². The molecule has 0 atom stereocenters. The Kier molecular flexibility index (Phi) is 18.1. The van der Waals surface area contributed by atoms with Gasteiger partial charge in [-0.1, -0.05) is 91.9 Å². The summed E-state index contributed by atoms with van der Waals surface area (Å²) in [7, 11) is 0. The normalized spacial score (nSPS) is 9.15. The maximum absolute atomic E-state index is 11.3. The van der Waals surface area contributed by atoms with Crippen molar-refractivity contribution in [1.29, 1.82) is 0 Å². The number of pyridine rings is 2. The van der Waals surface area contributed by atoms with Gasteiger partial charge in [-0.25, -0.2) is 0 Å². The van der Waals surface area contributed by atoms with E-state index < -0.39 is 11.9 Å². The summed E-state index contributed by atoms with van der Waals surface area (Å²) < 4.78 is 15.0. The minimum Gasteiger partial charge on any atom is -0.254 e. The number of aliphatic carboxylic acids is 1. The van der Waals surface area contributed by atoms with Gasteiger partial charge in [0.2, 0.25) is 0 Å². The third-order valence-electron chi connectivity index (χ3n) is 4.86. The number of rotatable bonds is 3. The molecule has 0 bridgehead atoms. The average molecular weight is 600 g/mol. The van der Waals surface area contributed by atoms with Gasteiger partial charge in [0.15, 0.2) is 0 Å². The van der Waals surface area contributed by atoms with Crippen molar-refractivity contribution >= 4 is 27.8 Å². The van der Waals surface area contributed by atoms with Gasteiger partial charge in [-0.05, 0) is 43.0 Å². The van der Waals surface area contributed by atoms with Crippen LogP contribution in [0.25, 0.3) is 21.8 Å². The topological polar surface area (TPSA) is 103 Å². The van der Waals surface area contributed by atoms with E-state index in [1.807, 2.05) is 79.7 Å². The second-order valence-corrected chi connectivity index (χ2v) is 7.77. The van der Waals surface area contributed by atoms with Crippen molar-refractivity contribution in [2.75, 3.05) is 0 Å². The van der Waals surface area contributed by atoms with Crippen LogP contribution in [0.2, 0.25) is 0 Å². The van der Waals surface area contributed by atoms with Crippen LogP contribution in [0.4, 0.5) is 0 Å². The smallest absolute Gasteiger partial charge is 0.0964 e. The number of aromatic nitrogens is 2. The molecule has 0 saturated carbocycles. The Hall–Kier alpha value is -3.88. The summed E-state index contributed by atoms with van der Waals surface area (Å²) >= 11 is 0. The van der Waals surface area contributed by atoms with Crippen LogP contribution >= 0.6 is 0 Å². The van der Waals surface area contributed by atoms with Gasteiger partial charge in [-0.15, -0.1) is 0 Å². The van der Waals surface area contributed by atoms with Gasteiger partial charge < -0.3 is 5.11 Å². The minimum absolute atomic E-state index is 0. The first-order chi connectivity index (χ1) is 18.5. The molecule has 6 nitrogen and oxygen atoms in total. The van der Waals surface area contributed by atoms with Gasteiger partial charge in [0.25, 0.3) is 0 Å². The molecule has 2 aromatic heterocycles. The molecule has 2 heterocycles. The maximum atomic E-state index is 11.3. The van der Waals surface area contributed by atoms with Gasteiger partial charge in [0.1, 0.15) is 5.92 Å². The van der Waals surface area contributed by atoms with E-state index in [4.69, 9.17) is 9.30 Å². The predicted molar refractivity (Wildman–Crippen MR) is 147 cm³/mol. The number of carboxylic acid groups (broad SMARTS) is 1. The van der Waals surface area contributed by atoms with Crippen LogP contribution in [0, 0.1) is 33.1 Å². The van der Waals surface area contributed by atoms with E-state index in [0.717, 1.165) is 38.9 Å². The van der Waals surface area contributed by atoms with Gasteiger partial charge >= 0.3 is 28.6 Å². The molecule has 0 unspecified atom stereocenters. The maximum Gasteiger partial charge on any atom is 0.0964 e. The number of nitrogens with zero attached hydrogens (tertiary/aromatic N) is 2. The first kappa shape index (κ1) is 35.1. The molecule has 195 valence electrons. The third-order valence-corrected chi connectivity index (χ3v) is 4.86. The molecule has 3 radical (unpaired) electrons. The molecule has 3 aromatic carbocycles. The fraction of sp³-hybridized carbons (Fsp3) is 0.0625. The van der Waals surface area contributed by atoms with Gasteiger partial charge in [0.05, 0.1) is 11.0 Å². The van der Waals surface area contributed by atoms with Crippen LogP contribution < -0.4 is 0 Å². The largest absolute Gasteiger partial charge is 0.254 e. The van der Waals surface area contributed by atoms with Crippen LogP contribution in [0.5, 0.6) is 0 Å². The molecule has 0 amide bonds. The Morgan fingerprint density at radius 3 is 1.33 bits per heavy atom. The van der Waals surface area contributed by atoms with Crippen molar-refractivity contribution in [3.63, 3.8) is 0 Å². The van der Waals surface area contributed by atoms with Crippen LogP contribution in [0.15, 0.2) is 109 Å². The predicted octanol–water partition coefficient (Wildman–Crippen LogP) is 6.86. The van der Waals surface area contributed by atoms with Gasteiger partial charge in [-0.2, -0.15) is 0 Å². The summed E-state index contributed by atoms with van der Waals surface area (Å²) in [5.41, 5.74) is 3.57. The molecule has 0 saturated heterocycles. The van der Waals surface area contributed by atoms with Crippen molar-refractivity contribution in [1.82, 2.24) is 9.97 Å². The Balaban J connectivity index is 0.000000577. The van der Waals surface area contributed by atoms with Gasteiger partial charge in [-0.3, -0.25) is 14.8 Å². The zero-order valence-corrected chi connectivity index (χ0v) is 23.4. The standard InChI is InChI=1S/C14H12O2.C12H8N2.C4H7.2CO.Mo/c15-14(16)13(11-7-3-1-4-8-11)12-9-5-2-6-10-12;1-3-9-5-6-10-4-2-8-14-12(10)11(9)13-7-1;1-4(2)3;2*1-2;/h1-10,13H,(H,15,16);1-8H;1-2H2,3H3;;;. The third kappa shape index (κ3) is 11.6. The molecule has 39 heavy (non-hydrogen) atoms. The number of carbonyl (C=O) groups is 1. The van der Waals surface area contributed by atoms with Crippen molar-refractivity contribution in [2.45, 2.75) is 12.8 Å². The van der Waals surface area contributed by atoms with Gasteiger partial charge in [0, 0.05) is 44.2 Å². The Morgan fingerprint density at radius 2 is 1.03 bits per heavy atom. The molecule has 0 aliphatic carbocycles. The Labute approximate surface area is 243 Å². The van der Waals surface area contributed by atoms with Crippen molar-refractivity contribution < 1.29 is 40.3 Å². The summed E-state index contributed by atoms with van der Waals surface area (Å²) in [5, 5.41) is 11.6. The number of carboxylic acids is 1. The molecule has 0 spiro atoms. The number of hydrogen-bond acceptors (Lipinski definition) is 3. The van der Waals surface area contributed by atoms with Crippen molar-refractivity contribution in [3.05, 3.63) is 154 Å². The van der Waals surface area contributed by atoms with E-state index in [2.05, 4.69) is 61.4 Å². The number of hydrogen-bond donors (Lipinski definition) is 1. The van der Waals surface area contributed by atoms with Crippen LogP contribution in [0.1, 0.15) is 24.0 Å². The molecule has 5 aromatic rings. The van der Waals surface area contributed by atoms with Crippen LogP contribution in [-0.4, -0.2) is 21.0 Å². The molecule has 1 N–H and O–H groups in total. The summed E-state index contributed by atoms with van der Waals surface area (Å²) in [4.78, 5) is 20.0. The summed E-state index contributed by atoms with van der Waals surface area (Å²) in [6.07, 6.45) is 3.60. The second kappa shape index (κ2) is 20.1. The zero-order valence-electron chi connectivity index (χ0n) is 21.4. The first-order valence-corrected chi connectivity index (χ1v) is 11.3. The average Bonchev–Trinajstić information content (AvgIpc) is 2.96. The molecule has 0 fully saturated rings. The monoisotopic (exact) mass is 601 g/mol. The van der Waals surface area contributed by atoms with E-state index in [-0.39, 0.29) is 21.1 Å². The molecule has 0 aliphatic rings. The number of benzene rings is 3. The minimum atomic E-state index is -0.822. The van der Waals surface area contributed by atoms with E-state index in [9.17, 15) is 9.90 Å². The molecular formula is C32H27MoN2O4.